The van der Waals surface area contributed by atoms with E-state index in [1.54, 1.807) is 6.07 Å². The van der Waals surface area contributed by atoms with Gasteiger partial charge in [0.15, 0.2) is 0 Å². The fourth-order valence-electron chi connectivity index (χ4n) is 1.81. The third kappa shape index (κ3) is 3.44. The number of halogens is 3. The highest BCUT2D eigenvalue weighted by Crippen LogP contribution is 2.36. The third-order valence-electron chi connectivity index (χ3n) is 2.61. The summed E-state index contributed by atoms with van der Waals surface area (Å²) in [6.45, 7) is 0.770. The van der Waals surface area contributed by atoms with Crippen LogP contribution in [0.15, 0.2) is 22.8 Å². The molecule has 1 aromatic heterocycles. The van der Waals surface area contributed by atoms with E-state index < -0.39 is 10.0 Å². The lowest BCUT2D eigenvalue weighted by Crippen LogP contribution is -2.25. The zero-order valence-electron chi connectivity index (χ0n) is 9.95. The molecule has 0 unspecified atom stereocenters. The van der Waals surface area contributed by atoms with E-state index in [2.05, 4.69) is 20.7 Å². The van der Waals surface area contributed by atoms with Crippen LogP contribution in [0.3, 0.4) is 0 Å². The lowest BCUT2D eigenvalue weighted by atomic mass is 10.2. The summed E-state index contributed by atoms with van der Waals surface area (Å²) in [6.07, 6.45) is 2.97. The van der Waals surface area contributed by atoms with Crippen molar-refractivity contribution >= 4 is 60.1 Å². The van der Waals surface area contributed by atoms with Crippen molar-refractivity contribution in [3.05, 3.63) is 32.8 Å². The van der Waals surface area contributed by atoms with E-state index >= 15 is 0 Å². The van der Waals surface area contributed by atoms with E-state index in [0.717, 1.165) is 21.6 Å². The lowest BCUT2D eigenvalue weighted by Gasteiger charge is -2.09. The first-order valence-electron chi connectivity index (χ1n) is 5.36. The van der Waals surface area contributed by atoms with Crippen molar-refractivity contribution in [1.29, 1.82) is 0 Å². The van der Waals surface area contributed by atoms with Crippen LogP contribution in [0.2, 0.25) is 10.0 Å². The maximum atomic E-state index is 11.0. The zero-order valence-corrected chi connectivity index (χ0v) is 13.9. The van der Waals surface area contributed by atoms with Crippen molar-refractivity contribution in [2.24, 2.45) is 0 Å². The molecule has 4 nitrogen and oxygen atoms in total. The van der Waals surface area contributed by atoms with Gasteiger partial charge in [-0.25, -0.2) is 13.1 Å². The molecule has 0 aliphatic rings. The van der Waals surface area contributed by atoms with Gasteiger partial charge < -0.3 is 4.57 Å². The number of nitrogens with one attached hydrogen (secondary N) is 1. The molecule has 2 aromatic rings. The highest BCUT2D eigenvalue weighted by Gasteiger charge is 2.12. The molecule has 0 spiro atoms. The van der Waals surface area contributed by atoms with E-state index in [-0.39, 0.29) is 0 Å². The summed E-state index contributed by atoms with van der Waals surface area (Å²) in [5.41, 5.74) is 0.788. The van der Waals surface area contributed by atoms with Gasteiger partial charge in [-0.2, -0.15) is 0 Å². The van der Waals surface area contributed by atoms with E-state index in [4.69, 9.17) is 23.2 Å². The average Bonchev–Trinajstić information content (AvgIpc) is 2.69. The third-order valence-corrected chi connectivity index (χ3v) is 4.77. The van der Waals surface area contributed by atoms with Crippen LogP contribution < -0.4 is 4.72 Å². The number of benzene rings is 1. The van der Waals surface area contributed by atoms with Crippen LogP contribution in [0, 0.1) is 0 Å². The summed E-state index contributed by atoms with van der Waals surface area (Å²) in [4.78, 5) is 0. The number of hydrogen-bond donors (Lipinski definition) is 1. The highest BCUT2D eigenvalue weighted by molar-refractivity contribution is 9.10. The van der Waals surface area contributed by atoms with Crippen LogP contribution in [0.4, 0.5) is 0 Å². The van der Waals surface area contributed by atoms with Gasteiger partial charge in [0.25, 0.3) is 0 Å². The molecule has 0 saturated heterocycles. The van der Waals surface area contributed by atoms with Gasteiger partial charge in [-0.15, -0.1) is 0 Å². The van der Waals surface area contributed by atoms with Crippen molar-refractivity contribution in [2.45, 2.75) is 6.54 Å². The standard InChI is InChI=1S/C11H11BrCl2N2O2S/c1-19(17,18)15-3-5-16-4-2-7-8(12)6-9(13)10(14)11(7)16/h2,4,6,15H,3,5H2,1H3. The second kappa shape index (κ2) is 5.61. The minimum absolute atomic E-state index is 0.295. The quantitative estimate of drug-likeness (QED) is 0.821. The first-order valence-corrected chi connectivity index (χ1v) is 8.80. The van der Waals surface area contributed by atoms with E-state index in [0.29, 0.717) is 23.1 Å². The maximum absolute atomic E-state index is 11.0. The van der Waals surface area contributed by atoms with E-state index in [1.807, 2.05) is 16.8 Å². The summed E-state index contributed by atoms with van der Waals surface area (Å²) in [6, 6.07) is 3.65. The Bertz CT molecular complexity index is 728. The van der Waals surface area contributed by atoms with Gasteiger partial charge in [0.2, 0.25) is 10.0 Å². The Labute approximate surface area is 129 Å². The Hall–Kier alpha value is -0.270. The van der Waals surface area contributed by atoms with Gasteiger partial charge in [0.1, 0.15) is 0 Å². The van der Waals surface area contributed by atoms with Crippen molar-refractivity contribution in [2.75, 3.05) is 12.8 Å². The molecule has 1 heterocycles. The van der Waals surface area contributed by atoms with Gasteiger partial charge in [0, 0.05) is 29.1 Å². The molecule has 0 atom stereocenters. The Morgan fingerprint density at radius 2 is 2.11 bits per heavy atom. The Morgan fingerprint density at radius 3 is 2.74 bits per heavy atom. The molecule has 0 saturated carbocycles. The fourth-order valence-corrected chi connectivity index (χ4v) is 3.42. The van der Waals surface area contributed by atoms with E-state index in [9.17, 15) is 8.42 Å². The molecular weight excluding hydrogens is 375 g/mol. The molecule has 2 rings (SSSR count). The maximum Gasteiger partial charge on any atom is 0.208 e. The van der Waals surface area contributed by atoms with Gasteiger partial charge in [-0.1, -0.05) is 39.1 Å². The number of nitrogens with zero attached hydrogens (tertiary/aromatic N) is 1. The largest absolute Gasteiger partial charge is 0.345 e. The zero-order chi connectivity index (χ0) is 14.2. The van der Waals surface area contributed by atoms with Crippen LogP contribution in [-0.2, 0) is 16.6 Å². The predicted octanol–water partition coefficient (Wildman–Crippen LogP) is 3.26. The average molecular weight is 386 g/mol. The molecule has 104 valence electrons. The number of hydrogen-bond acceptors (Lipinski definition) is 2. The first-order chi connectivity index (χ1) is 8.79. The molecule has 0 aliphatic heterocycles. The molecule has 8 heteroatoms. The molecule has 0 radical (unpaired) electrons. The van der Waals surface area contributed by atoms with Crippen molar-refractivity contribution in [3.63, 3.8) is 0 Å². The molecule has 0 bridgehead atoms. The summed E-state index contributed by atoms with van der Waals surface area (Å²) in [7, 11) is -3.19. The minimum atomic E-state index is -3.19. The Kier molecular flexibility index (Phi) is 4.47. The Morgan fingerprint density at radius 1 is 1.42 bits per heavy atom. The number of rotatable bonds is 4. The molecule has 0 amide bonds. The van der Waals surface area contributed by atoms with Crippen LogP contribution in [0.1, 0.15) is 0 Å². The van der Waals surface area contributed by atoms with E-state index in [1.165, 1.54) is 0 Å². The van der Waals surface area contributed by atoms with Crippen LogP contribution in [0.25, 0.3) is 10.9 Å². The number of sulfonamides is 1. The molecule has 1 aromatic carbocycles. The van der Waals surface area contributed by atoms with Crippen LogP contribution in [0.5, 0.6) is 0 Å². The molecule has 19 heavy (non-hydrogen) atoms. The molecule has 0 aliphatic carbocycles. The smallest absolute Gasteiger partial charge is 0.208 e. The normalized spacial score (nSPS) is 12.2. The second-order valence-corrected chi connectivity index (χ2v) is 7.56. The summed E-state index contributed by atoms with van der Waals surface area (Å²) < 4.78 is 27.2. The van der Waals surface area contributed by atoms with Crippen molar-refractivity contribution < 1.29 is 8.42 Å². The van der Waals surface area contributed by atoms with Crippen LogP contribution >= 0.6 is 39.1 Å². The lowest BCUT2D eigenvalue weighted by molar-refractivity contribution is 0.580. The molecule has 0 fully saturated rings. The summed E-state index contributed by atoms with van der Waals surface area (Å²) >= 11 is 15.7. The minimum Gasteiger partial charge on any atom is -0.345 e. The van der Waals surface area contributed by atoms with Gasteiger partial charge in [-0.05, 0) is 12.1 Å². The van der Waals surface area contributed by atoms with Gasteiger partial charge in [-0.3, -0.25) is 0 Å². The van der Waals surface area contributed by atoms with Crippen molar-refractivity contribution in [1.82, 2.24) is 9.29 Å². The van der Waals surface area contributed by atoms with Crippen molar-refractivity contribution in [3.8, 4) is 0 Å². The fraction of sp³-hybridized carbons (Fsp3) is 0.273. The predicted molar refractivity (Wildman–Crippen MR) is 82.5 cm³/mol. The molecular formula is C11H11BrCl2N2O2S. The number of fused-ring (bicyclic) bond motifs is 1. The monoisotopic (exact) mass is 384 g/mol. The summed E-state index contributed by atoms with van der Waals surface area (Å²) in [5, 5.41) is 1.86. The topological polar surface area (TPSA) is 51.1 Å². The van der Waals surface area contributed by atoms with Gasteiger partial charge in [0.05, 0.1) is 21.8 Å². The second-order valence-electron chi connectivity index (χ2n) is 4.09. The SMILES string of the molecule is CS(=O)(=O)NCCn1ccc2c(Br)cc(Cl)c(Cl)c21. The number of aromatic nitrogens is 1. The van der Waals surface area contributed by atoms with Crippen LogP contribution in [-0.4, -0.2) is 25.8 Å². The molecule has 1 N–H and O–H groups in total. The van der Waals surface area contributed by atoms with Gasteiger partial charge >= 0.3 is 0 Å². The first kappa shape index (κ1) is 15.1. The summed E-state index contributed by atoms with van der Waals surface area (Å²) in [5.74, 6) is 0. The Balaban J connectivity index is 2.35. The highest BCUT2D eigenvalue weighted by atomic mass is 79.9.